The van der Waals surface area contributed by atoms with Gasteiger partial charge in [-0.2, -0.15) is 4.98 Å². The summed E-state index contributed by atoms with van der Waals surface area (Å²) in [5.41, 5.74) is 1.57. The van der Waals surface area contributed by atoms with E-state index in [1.165, 1.54) is 0 Å². The number of hydrogen-bond donors (Lipinski definition) is 1. The first-order chi connectivity index (χ1) is 12.3. The lowest BCUT2D eigenvalue weighted by Gasteiger charge is -2.23. The van der Waals surface area contributed by atoms with Crippen molar-refractivity contribution in [2.45, 2.75) is 12.8 Å². The van der Waals surface area contributed by atoms with Gasteiger partial charge in [-0.25, -0.2) is 4.98 Å². The second-order valence-corrected chi connectivity index (χ2v) is 6.26. The second kappa shape index (κ2) is 5.53. The molecule has 124 valence electrons. The molecule has 4 aromatic rings. The Morgan fingerprint density at radius 3 is 2.72 bits per heavy atom. The van der Waals surface area contributed by atoms with E-state index in [0.29, 0.717) is 29.1 Å². The first kappa shape index (κ1) is 14.4. The summed E-state index contributed by atoms with van der Waals surface area (Å²) in [5.74, 6) is 2.71. The monoisotopic (exact) mass is 332 g/mol. The zero-order valence-electron chi connectivity index (χ0n) is 13.7. The highest BCUT2D eigenvalue weighted by molar-refractivity contribution is 5.95. The van der Waals surface area contributed by atoms with Crippen molar-refractivity contribution in [2.75, 3.05) is 13.1 Å². The van der Waals surface area contributed by atoms with E-state index in [1.54, 1.807) is 0 Å². The minimum Gasteiger partial charge on any atom is -0.445 e. The summed E-state index contributed by atoms with van der Waals surface area (Å²) in [7, 11) is 0. The number of aryl methyl sites for hydroxylation is 1. The smallest absolute Gasteiger partial charge is 0.280 e. The van der Waals surface area contributed by atoms with Crippen molar-refractivity contribution in [3.8, 4) is 23.0 Å². The summed E-state index contributed by atoms with van der Waals surface area (Å²) in [5, 5.41) is 9.62. The van der Waals surface area contributed by atoms with Crippen LogP contribution in [0.15, 0.2) is 51.4 Å². The molecule has 6 nitrogen and oxygen atoms in total. The van der Waals surface area contributed by atoms with Crippen molar-refractivity contribution < 1.29 is 8.94 Å². The average molecular weight is 332 g/mol. The van der Waals surface area contributed by atoms with Crippen molar-refractivity contribution >= 4 is 10.8 Å². The molecule has 1 fully saturated rings. The number of nitrogens with one attached hydrogen (secondary N) is 1. The Balaban J connectivity index is 1.56. The third kappa shape index (κ3) is 2.34. The van der Waals surface area contributed by atoms with Crippen LogP contribution < -0.4 is 5.32 Å². The van der Waals surface area contributed by atoms with Gasteiger partial charge >= 0.3 is 0 Å². The van der Waals surface area contributed by atoms with E-state index in [-0.39, 0.29) is 0 Å². The summed E-state index contributed by atoms with van der Waals surface area (Å²) in [6.45, 7) is 3.66. The van der Waals surface area contributed by atoms with Gasteiger partial charge in [-0.3, -0.25) is 0 Å². The van der Waals surface area contributed by atoms with Gasteiger partial charge in [0.25, 0.3) is 5.89 Å². The van der Waals surface area contributed by atoms with E-state index in [2.05, 4.69) is 38.6 Å². The lowest BCUT2D eigenvalue weighted by atomic mass is 10.0. The molecule has 25 heavy (non-hydrogen) atoms. The minimum atomic E-state index is 0.327. The number of hydrogen-bond acceptors (Lipinski definition) is 6. The topological polar surface area (TPSA) is 77.0 Å². The summed E-state index contributed by atoms with van der Waals surface area (Å²) < 4.78 is 11.3. The molecule has 0 atom stereocenters. The molecule has 0 unspecified atom stereocenters. The Hall–Kier alpha value is -2.99. The fourth-order valence-electron chi connectivity index (χ4n) is 3.10. The molecule has 1 aliphatic rings. The van der Waals surface area contributed by atoms with Gasteiger partial charge in [0.2, 0.25) is 11.7 Å². The van der Waals surface area contributed by atoms with Gasteiger partial charge in [0, 0.05) is 18.7 Å². The molecular weight excluding hydrogens is 316 g/mol. The Labute approximate surface area is 143 Å². The van der Waals surface area contributed by atoms with Crippen LogP contribution in [0, 0.1) is 6.92 Å². The third-order valence-corrected chi connectivity index (χ3v) is 4.60. The lowest BCUT2D eigenvalue weighted by Crippen LogP contribution is -2.40. The Morgan fingerprint density at radius 1 is 1.04 bits per heavy atom. The van der Waals surface area contributed by atoms with Gasteiger partial charge in [-0.15, -0.1) is 0 Å². The first-order valence-electron chi connectivity index (χ1n) is 8.30. The predicted molar refractivity (Wildman–Crippen MR) is 93.1 cm³/mol. The van der Waals surface area contributed by atoms with Crippen LogP contribution in [0.5, 0.6) is 0 Å². The van der Waals surface area contributed by atoms with E-state index in [4.69, 9.17) is 8.94 Å². The normalized spacial score (nSPS) is 14.8. The van der Waals surface area contributed by atoms with Crippen LogP contribution in [-0.2, 0) is 0 Å². The first-order valence-corrected chi connectivity index (χ1v) is 8.30. The fraction of sp³-hybridized carbons (Fsp3) is 0.211. The highest BCUT2D eigenvalue weighted by Gasteiger charge is 2.27. The average Bonchev–Trinajstić information content (AvgIpc) is 3.20. The Kier molecular flexibility index (Phi) is 3.18. The second-order valence-electron chi connectivity index (χ2n) is 6.26. The summed E-state index contributed by atoms with van der Waals surface area (Å²) in [6, 6.07) is 14.2. The predicted octanol–water partition coefficient (Wildman–Crippen LogP) is 3.54. The molecule has 3 heterocycles. The van der Waals surface area contributed by atoms with Crippen LogP contribution in [0.4, 0.5) is 0 Å². The Bertz CT molecular complexity index is 1060. The van der Waals surface area contributed by atoms with Crippen LogP contribution in [0.2, 0.25) is 0 Å². The molecule has 1 saturated heterocycles. The summed E-state index contributed by atoms with van der Waals surface area (Å²) in [6.07, 6.45) is 0. The van der Waals surface area contributed by atoms with Crippen LogP contribution in [0.3, 0.4) is 0 Å². The van der Waals surface area contributed by atoms with Gasteiger partial charge in [-0.05, 0) is 17.7 Å². The van der Waals surface area contributed by atoms with E-state index < -0.39 is 0 Å². The third-order valence-electron chi connectivity index (χ3n) is 4.60. The molecule has 2 aromatic heterocycles. The van der Waals surface area contributed by atoms with Crippen LogP contribution in [0.1, 0.15) is 17.6 Å². The maximum absolute atomic E-state index is 5.78. The molecule has 5 rings (SSSR count). The van der Waals surface area contributed by atoms with E-state index in [0.717, 1.165) is 35.3 Å². The molecule has 0 amide bonds. The van der Waals surface area contributed by atoms with E-state index in [9.17, 15) is 0 Å². The quantitative estimate of drug-likeness (QED) is 0.618. The Morgan fingerprint density at radius 2 is 1.88 bits per heavy atom. The maximum Gasteiger partial charge on any atom is 0.280 e. The van der Waals surface area contributed by atoms with Crippen LogP contribution >= 0.6 is 0 Å². The number of nitrogens with zero attached hydrogens (tertiary/aromatic N) is 3. The number of fused-ring (bicyclic) bond motifs is 1. The largest absolute Gasteiger partial charge is 0.445 e. The van der Waals surface area contributed by atoms with Crippen molar-refractivity contribution in [1.82, 2.24) is 20.4 Å². The number of rotatable bonds is 3. The standard InChI is InChI=1S/C19H16N4O2/c1-11-16(21-18(24-11)13-9-20-10-13)19-22-17(23-25-19)15-8-4-6-12-5-2-3-7-14(12)15/h2-8,13,20H,9-10H2,1H3. The molecule has 0 radical (unpaired) electrons. The SMILES string of the molecule is Cc1oc(C2CNC2)nc1-c1nc(-c2cccc3ccccc23)no1. The molecule has 1 aliphatic heterocycles. The van der Waals surface area contributed by atoms with Gasteiger partial charge in [-0.1, -0.05) is 47.6 Å². The van der Waals surface area contributed by atoms with Crippen LogP contribution in [0.25, 0.3) is 33.7 Å². The molecule has 0 saturated carbocycles. The van der Waals surface area contributed by atoms with Crippen molar-refractivity contribution in [2.24, 2.45) is 0 Å². The van der Waals surface area contributed by atoms with Gasteiger partial charge in [0.05, 0.1) is 5.92 Å². The number of aromatic nitrogens is 3. The lowest BCUT2D eigenvalue weighted by molar-refractivity contribution is 0.350. The van der Waals surface area contributed by atoms with E-state index in [1.807, 2.05) is 31.2 Å². The number of benzene rings is 2. The summed E-state index contributed by atoms with van der Waals surface area (Å²) >= 11 is 0. The van der Waals surface area contributed by atoms with Crippen LogP contribution in [-0.4, -0.2) is 28.2 Å². The van der Waals surface area contributed by atoms with Gasteiger partial charge in [0.1, 0.15) is 5.76 Å². The minimum absolute atomic E-state index is 0.327. The number of oxazole rings is 1. The van der Waals surface area contributed by atoms with E-state index >= 15 is 0 Å². The highest BCUT2D eigenvalue weighted by Crippen LogP contribution is 2.31. The van der Waals surface area contributed by atoms with Crippen molar-refractivity contribution in [3.05, 3.63) is 54.1 Å². The molecule has 6 heteroatoms. The molecule has 1 N–H and O–H groups in total. The zero-order chi connectivity index (χ0) is 16.8. The fourth-order valence-corrected chi connectivity index (χ4v) is 3.10. The van der Waals surface area contributed by atoms with Gasteiger partial charge < -0.3 is 14.3 Å². The van der Waals surface area contributed by atoms with Crippen molar-refractivity contribution in [1.29, 1.82) is 0 Å². The highest BCUT2D eigenvalue weighted by atomic mass is 16.5. The molecule has 0 spiro atoms. The molecule has 0 bridgehead atoms. The molecule has 2 aromatic carbocycles. The molecule has 0 aliphatic carbocycles. The summed E-state index contributed by atoms with van der Waals surface area (Å²) in [4.78, 5) is 9.13. The maximum atomic E-state index is 5.78. The zero-order valence-corrected chi connectivity index (χ0v) is 13.7. The molecular formula is C19H16N4O2. The van der Waals surface area contributed by atoms with Gasteiger partial charge in [0.15, 0.2) is 5.69 Å². The van der Waals surface area contributed by atoms with Crippen molar-refractivity contribution in [3.63, 3.8) is 0 Å².